The lowest BCUT2D eigenvalue weighted by atomic mass is 9.98. The van der Waals surface area contributed by atoms with E-state index in [0.29, 0.717) is 19.3 Å². The number of unbranched alkanes of at least 4 members (excludes halogenated alkanes) is 28. The number of esters is 3. The molecule has 1 fully saturated rings. The van der Waals surface area contributed by atoms with E-state index in [9.17, 15) is 34.5 Å². The highest BCUT2D eigenvalue weighted by Gasteiger charge is 2.50. The molecule has 0 amide bonds. The maximum Gasteiger partial charge on any atom is 0.335 e. The Morgan fingerprint density at radius 3 is 1.28 bits per heavy atom. The summed E-state index contributed by atoms with van der Waals surface area (Å²) in [6.45, 7) is 5.93. The molecule has 1 aliphatic heterocycles. The number of aliphatic hydroxyl groups is 2. The molecule has 390 valence electrons. The monoisotopic (exact) mass is 951 g/mol. The third kappa shape index (κ3) is 35.0. The van der Waals surface area contributed by atoms with Crippen molar-refractivity contribution in [2.24, 2.45) is 0 Å². The van der Waals surface area contributed by atoms with E-state index in [1.807, 2.05) is 0 Å². The second kappa shape index (κ2) is 44.4. The Labute approximate surface area is 407 Å². The van der Waals surface area contributed by atoms with Gasteiger partial charge in [0.05, 0.1) is 6.61 Å². The van der Waals surface area contributed by atoms with Crippen LogP contribution in [0.3, 0.4) is 0 Å². The van der Waals surface area contributed by atoms with Crippen LogP contribution in [0.15, 0.2) is 24.3 Å². The summed E-state index contributed by atoms with van der Waals surface area (Å²) < 4.78 is 28.3. The summed E-state index contributed by atoms with van der Waals surface area (Å²) in [4.78, 5) is 50.8. The molecule has 6 unspecified atom stereocenters. The number of carbonyl (C=O) groups excluding carboxylic acids is 3. The average molecular weight is 951 g/mol. The molecule has 0 bridgehead atoms. The number of aliphatic carboxylic acids is 1. The minimum Gasteiger partial charge on any atom is -0.479 e. The molecule has 0 radical (unpaired) electrons. The predicted molar refractivity (Wildman–Crippen MR) is 266 cm³/mol. The molecule has 12 nitrogen and oxygen atoms in total. The highest BCUT2D eigenvalue weighted by molar-refractivity contribution is 5.74. The van der Waals surface area contributed by atoms with Gasteiger partial charge in [-0.3, -0.25) is 14.4 Å². The molecule has 1 aliphatic rings. The van der Waals surface area contributed by atoms with E-state index in [-0.39, 0.29) is 25.9 Å². The third-order valence-corrected chi connectivity index (χ3v) is 12.5. The van der Waals surface area contributed by atoms with Gasteiger partial charge in [-0.1, -0.05) is 186 Å². The van der Waals surface area contributed by atoms with Gasteiger partial charge in [0.15, 0.2) is 24.6 Å². The van der Waals surface area contributed by atoms with Crippen LogP contribution in [0.4, 0.5) is 0 Å². The lowest BCUT2D eigenvalue weighted by Gasteiger charge is -2.40. The Kier molecular flexibility index (Phi) is 41.2. The molecule has 0 spiro atoms. The van der Waals surface area contributed by atoms with E-state index >= 15 is 0 Å². The van der Waals surface area contributed by atoms with Gasteiger partial charge in [0, 0.05) is 19.3 Å². The van der Waals surface area contributed by atoms with E-state index in [4.69, 9.17) is 23.7 Å². The first-order valence-electron chi connectivity index (χ1n) is 27.3. The summed E-state index contributed by atoms with van der Waals surface area (Å²) in [7, 11) is 0. The van der Waals surface area contributed by atoms with Crippen molar-refractivity contribution in [3.63, 3.8) is 0 Å². The van der Waals surface area contributed by atoms with Crippen molar-refractivity contribution in [2.45, 2.75) is 289 Å². The van der Waals surface area contributed by atoms with E-state index in [0.717, 1.165) is 96.3 Å². The molecule has 12 heteroatoms. The number of allylic oxidation sites excluding steroid dienone is 4. The Bertz CT molecular complexity index is 1270. The van der Waals surface area contributed by atoms with Crippen LogP contribution in [-0.2, 0) is 42.9 Å². The van der Waals surface area contributed by atoms with Crippen LogP contribution in [0.1, 0.15) is 252 Å². The third-order valence-electron chi connectivity index (χ3n) is 12.5. The average Bonchev–Trinajstić information content (AvgIpc) is 3.31. The van der Waals surface area contributed by atoms with Crippen LogP contribution in [0, 0.1) is 0 Å². The van der Waals surface area contributed by atoms with Crippen LogP contribution in [0.25, 0.3) is 0 Å². The first-order valence-corrected chi connectivity index (χ1v) is 27.3. The zero-order chi connectivity index (χ0) is 49.0. The molecule has 6 atom stereocenters. The summed E-state index contributed by atoms with van der Waals surface area (Å²) in [6, 6.07) is 0. The van der Waals surface area contributed by atoms with Crippen molar-refractivity contribution in [3.8, 4) is 0 Å². The number of carbonyl (C=O) groups is 4. The number of aliphatic hydroxyl groups excluding tert-OH is 2. The molecule has 1 saturated heterocycles. The van der Waals surface area contributed by atoms with Crippen LogP contribution < -0.4 is 0 Å². The van der Waals surface area contributed by atoms with Gasteiger partial charge >= 0.3 is 23.9 Å². The smallest absolute Gasteiger partial charge is 0.335 e. The number of rotatable bonds is 46. The summed E-state index contributed by atoms with van der Waals surface area (Å²) in [5.74, 6) is -3.12. The van der Waals surface area contributed by atoms with Gasteiger partial charge in [-0.05, 0) is 70.6 Å². The standard InChI is InChI=1S/C55H98O12/c1-4-7-10-13-16-19-21-23-24-26-27-30-32-35-38-41-47(56)63-44-46(65-48(57)42-39-36-33-29-18-15-12-9-6-3)45-64-55-53(51(60)50(59)52(67-55)54(61)62)66-49(58)43-40-37-34-31-28-25-22-20-17-14-11-8-5-2/h20,22-24,46,50-53,55,59-60H,4-19,21,25-45H2,1-3H3,(H,61,62)/b22-20-,24-23-. The number of ether oxygens (including phenoxy) is 5. The maximum absolute atomic E-state index is 13.0. The number of carboxylic acids is 1. The van der Waals surface area contributed by atoms with Crippen molar-refractivity contribution in [3.05, 3.63) is 24.3 Å². The fourth-order valence-electron chi connectivity index (χ4n) is 8.24. The van der Waals surface area contributed by atoms with Crippen molar-refractivity contribution < 1.29 is 58.2 Å². The number of carboxylic acid groups (broad SMARTS) is 1. The molecule has 1 rings (SSSR count). The lowest BCUT2D eigenvalue weighted by Crippen LogP contribution is -2.61. The van der Waals surface area contributed by atoms with Gasteiger partial charge in [0.25, 0.3) is 0 Å². The highest BCUT2D eigenvalue weighted by atomic mass is 16.7. The highest BCUT2D eigenvalue weighted by Crippen LogP contribution is 2.26. The Balaban J connectivity index is 2.70. The summed E-state index contributed by atoms with van der Waals surface area (Å²) in [5.41, 5.74) is 0. The molecule has 0 aromatic heterocycles. The molecule has 0 aromatic carbocycles. The van der Waals surface area contributed by atoms with Crippen LogP contribution in [-0.4, -0.2) is 89.2 Å². The largest absolute Gasteiger partial charge is 0.479 e. The van der Waals surface area contributed by atoms with Gasteiger partial charge in [-0.2, -0.15) is 0 Å². The number of hydrogen-bond donors (Lipinski definition) is 3. The fraction of sp³-hybridized carbons (Fsp3) is 0.855. The molecular formula is C55H98O12. The van der Waals surface area contributed by atoms with Gasteiger partial charge in [0.2, 0.25) is 0 Å². The predicted octanol–water partition coefficient (Wildman–Crippen LogP) is 13.1. The molecule has 0 saturated carbocycles. The number of hydrogen-bond acceptors (Lipinski definition) is 11. The van der Waals surface area contributed by atoms with Gasteiger partial charge < -0.3 is 39.0 Å². The minimum absolute atomic E-state index is 0.0534. The molecule has 3 N–H and O–H groups in total. The quantitative estimate of drug-likeness (QED) is 0.0228. The summed E-state index contributed by atoms with van der Waals surface area (Å²) in [6.07, 6.45) is 36.0. The van der Waals surface area contributed by atoms with Crippen molar-refractivity contribution in [1.29, 1.82) is 0 Å². The van der Waals surface area contributed by atoms with E-state index in [2.05, 4.69) is 45.1 Å². The van der Waals surface area contributed by atoms with E-state index in [1.165, 1.54) is 96.3 Å². The Morgan fingerprint density at radius 1 is 0.478 bits per heavy atom. The van der Waals surface area contributed by atoms with Crippen molar-refractivity contribution >= 4 is 23.9 Å². The van der Waals surface area contributed by atoms with Gasteiger partial charge in [-0.25, -0.2) is 4.79 Å². The van der Waals surface area contributed by atoms with Crippen LogP contribution in [0.2, 0.25) is 0 Å². The van der Waals surface area contributed by atoms with E-state index in [1.54, 1.807) is 0 Å². The first kappa shape index (κ1) is 62.2. The van der Waals surface area contributed by atoms with Gasteiger partial charge in [-0.15, -0.1) is 0 Å². The SMILES string of the molecule is CCCCCC/C=C\CCCCCCCC(=O)OC1C(OCC(COC(=O)CCCCCCC/C=C\CCCCCCCC)OC(=O)CCCCCCCCCCC)OC(C(=O)O)C(O)C1O. The van der Waals surface area contributed by atoms with E-state index < -0.39 is 67.3 Å². The molecule has 0 aromatic rings. The summed E-state index contributed by atoms with van der Waals surface area (Å²) in [5, 5.41) is 31.3. The molecule has 0 aliphatic carbocycles. The zero-order valence-electron chi connectivity index (χ0n) is 42.7. The molecular weight excluding hydrogens is 853 g/mol. The zero-order valence-corrected chi connectivity index (χ0v) is 42.7. The normalized spacial score (nSPS) is 19.0. The van der Waals surface area contributed by atoms with Crippen molar-refractivity contribution in [2.75, 3.05) is 13.2 Å². The molecule has 67 heavy (non-hydrogen) atoms. The second-order valence-corrected chi connectivity index (χ2v) is 18.9. The van der Waals surface area contributed by atoms with Gasteiger partial charge in [0.1, 0.15) is 18.8 Å². The van der Waals surface area contributed by atoms with Crippen molar-refractivity contribution in [1.82, 2.24) is 0 Å². The second-order valence-electron chi connectivity index (χ2n) is 18.9. The topological polar surface area (TPSA) is 175 Å². The minimum atomic E-state index is -1.90. The Hall–Kier alpha value is -2.80. The first-order chi connectivity index (χ1) is 32.6. The maximum atomic E-state index is 13.0. The Morgan fingerprint density at radius 2 is 0.851 bits per heavy atom. The fourth-order valence-corrected chi connectivity index (χ4v) is 8.24. The summed E-state index contributed by atoms with van der Waals surface area (Å²) >= 11 is 0. The van der Waals surface area contributed by atoms with Crippen LogP contribution in [0.5, 0.6) is 0 Å². The van der Waals surface area contributed by atoms with Crippen LogP contribution >= 0.6 is 0 Å². The lowest BCUT2D eigenvalue weighted by molar-refractivity contribution is -0.301. The molecule has 1 heterocycles.